The van der Waals surface area contributed by atoms with Crippen molar-refractivity contribution in [3.63, 3.8) is 0 Å². The van der Waals surface area contributed by atoms with Crippen LogP contribution in [0.1, 0.15) is 29.6 Å². The molecule has 1 saturated carbocycles. The molecule has 1 unspecified atom stereocenters. The fourth-order valence-corrected chi connectivity index (χ4v) is 2.13. The molecular weight excluding hydrogens is 318 g/mol. The molecule has 1 aliphatic rings. The summed E-state index contributed by atoms with van der Waals surface area (Å²) in [6.45, 7) is 0.168. The third-order valence-corrected chi connectivity index (χ3v) is 3.61. The number of carbonyl (C=O) groups is 2. The Morgan fingerprint density at radius 2 is 2.17 bits per heavy atom. The van der Waals surface area contributed by atoms with Crippen LogP contribution in [-0.2, 0) is 9.53 Å². The number of aliphatic carboxylic acids is 1. The van der Waals surface area contributed by atoms with Crippen molar-refractivity contribution in [2.24, 2.45) is 0 Å². The van der Waals surface area contributed by atoms with Gasteiger partial charge in [-0.3, -0.25) is 14.9 Å². The Balaban J connectivity index is 2.14. The van der Waals surface area contributed by atoms with Crippen LogP contribution in [0, 0.1) is 10.1 Å². The minimum Gasteiger partial charge on any atom is -0.480 e. The van der Waals surface area contributed by atoms with Crippen LogP contribution in [0.2, 0.25) is 0 Å². The number of carbonyl (C=O) groups excluding carboxylic acids is 1. The number of benzene rings is 1. The quantitative estimate of drug-likeness (QED) is 0.458. The molecule has 9 nitrogen and oxygen atoms in total. The average molecular weight is 337 g/mol. The maximum absolute atomic E-state index is 12.2. The molecule has 0 aliphatic heterocycles. The van der Waals surface area contributed by atoms with Crippen molar-refractivity contribution in [2.45, 2.75) is 31.3 Å². The fraction of sp³-hybridized carbons (Fsp3) is 0.467. The van der Waals surface area contributed by atoms with Crippen LogP contribution < -0.4 is 10.6 Å². The molecule has 0 spiro atoms. The van der Waals surface area contributed by atoms with E-state index < -0.39 is 22.8 Å². The van der Waals surface area contributed by atoms with Crippen LogP contribution in [0.5, 0.6) is 0 Å². The van der Waals surface area contributed by atoms with E-state index in [4.69, 9.17) is 9.84 Å². The van der Waals surface area contributed by atoms with Gasteiger partial charge in [0.2, 0.25) is 0 Å². The lowest BCUT2D eigenvalue weighted by atomic mass is 10.1. The highest BCUT2D eigenvalue weighted by molar-refractivity contribution is 5.97. The zero-order valence-corrected chi connectivity index (χ0v) is 13.2. The van der Waals surface area contributed by atoms with Gasteiger partial charge in [0.05, 0.1) is 4.92 Å². The molecule has 3 N–H and O–H groups in total. The second kappa shape index (κ2) is 7.73. The molecule has 0 aromatic heterocycles. The Labute approximate surface area is 138 Å². The highest BCUT2D eigenvalue weighted by atomic mass is 16.6. The maximum Gasteiger partial charge on any atom is 0.326 e. The number of rotatable bonds is 9. The molecule has 0 heterocycles. The summed E-state index contributed by atoms with van der Waals surface area (Å²) in [4.78, 5) is 34.0. The van der Waals surface area contributed by atoms with E-state index in [0.29, 0.717) is 5.69 Å². The lowest BCUT2D eigenvalue weighted by Gasteiger charge is -2.14. The van der Waals surface area contributed by atoms with Gasteiger partial charge in [-0.1, -0.05) is 0 Å². The van der Waals surface area contributed by atoms with Gasteiger partial charge in [-0.15, -0.1) is 0 Å². The lowest BCUT2D eigenvalue weighted by Crippen LogP contribution is -2.41. The molecular formula is C15H19N3O6. The number of nitrogens with zero attached hydrogens (tertiary/aromatic N) is 1. The van der Waals surface area contributed by atoms with E-state index >= 15 is 0 Å². The van der Waals surface area contributed by atoms with E-state index in [-0.39, 0.29) is 30.3 Å². The van der Waals surface area contributed by atoms with E-state index in [0.717, 1.165) is 18.9 Å². The largest absolute Gasteiger partial charge is 0.480 e. The van der Waals surface area contributed by atoms with E-state index in [1.807, 2.05) is 0 Å². The van der Waals surface area contributed by atoms with Gasteiger partial charge in [0.1, 0.15) is 11.7 Å². The Kier molecular flexibility index (Phi) is 5.69. The molecule has 1 aliphatic carbocycles. The number of methoxy groups -OCH3 is 1. The summed E-state index contributed by atoms with van der Waals surface area (Å²) in [5.74, 6) is -1.87. The van der Waals surface area contributed by atoms with Crippen LogP contribution in [0.4, 0.5) is 11.4 Å². The minimum absolute atomic E-state index is 0.0340. The molecule has 1 amide bonds. The number of hydrogen-bond donors (Lipinski definition) is 3. The summed E-state index contributed by atoms with van der Waals surface area (Å²) in [6, 6.07) is 3.16. The molecule has 130 valence electrons. The molecule has 0 bridgehead atoms. The molecule has 0 radical (unpaired) electrons. The number of anilines is 1. The first kappa shape index (κ1) is 17.7. The van der Waals surface area contributed by atoms with E-state index in [2.05, 4.69) is 10.6 Å². The van der Waals surface area contributed by atoms with Crippen molar-refractivity contribution in [1.82, 2.24) is 5.32 Å². The van der Waals surface area contributed by atoms with Crippen molar-refractivity contribution in [1.29, 1.82) is 0 Å². The van der Waals surface area contributed by atoms with Crippen LogP contribution in [0.15, 0.2) is 18.2 Å². The number of ether oxygens (including phenoxy) is 1. The summed E-state index contributed by atoms with van der Waals surface area (Å²) < 4.78 is 4.81. The summed E-state index contributed by atoms with van der Waals surface area (Å²) in [7, 11) is 1.43. The van der Waals surface area contributed by atoms with E-state index in [9.17, 15) is 19.7 Å². The van der Waals surface area contributed by atoms with Gasteiger partial charge in [-0.2, -0.15) is 0 Å². The molecule has 1 atom stereocenters. The van der Waals surface area contributed by atoms with Crippen molar-refractivity contribution in [3.8, 4) is 0 Å². The van der Waals surface area contributed by atoms with Crippen LogP contribution >= 0.6 is 0 Å². The number of hydrogen-bond acceptors (Lipinski definition) is 6. The van der Waals surface area contributed by atoms with E-state index in [1.165, 1.54) is 19.2 Å². The minimum atomic E-state index is -1.19. The number of carboxylic acid groups (broad SMARTS) is 1. The van der Waals surface area contributed by atoms with Crippen LogP contribution in [0.25, 0.3) is 0 Å². The highest BCUT2D eigenvalue weighted by Crippen LogP contribution is 2.31. The average Bonchev–Trinajstić information content (AvgIpc) is 3.35. The Morgan fingerprint density at radius 3 is 2.71 bits per heavy atom. The molecule has 1 aromatic rings. The van der Waals surface area contributed by atoms with Gasteiger partial charge < -0.3 is 20.5 Å². The summed E-state index contributed by atoms with van der Waals surface area (Å²) in [5, 5.41) is 25.7. The number of nitro groups is 1. The summed E-state index contributed by atoms with van der Waals surface area (Å²) >= 11 is 0. The smallest absolute Gasteiger partial charge is 0.326 e. The number of amides is 1. The van der Waals surface area contributed by atoms with Gasteiger partial charge in [0.15, 0.2) is 0 Å². The normalized spacial score (nSPS) is 14.7. The Morgan fingerprint density at radius 1 is 1.46 bits per heavy atom. The zero-order valence-electron chi connectivity index (χ0n) is 13.2. The molecule has 24 heavy (non-hydrogen) atoms. The second-order valence-electron chi connectivity index (χ2n) is 5.55. The van der Waals surface area contributed by atoms with Gasteiger partial charge in [0.25, 0.3) is 11.6 Å². The zero-order chi connectivity index (χ0) is 17.7. The third-order valence-electron chi connectivity index (χ3n) is 3.61. The third kappa shape index (κ3) is 4.66. The SMILES string of the molecule is COCCC(NC(=O)c1ccc(NC2CC2)c([N+](=O)[O-])c1)C(=O)O. The number of carboxylic acids is 1. The monoisotopic (exact) mass is 337 g/mol. The fourth-order valence-electron chi connectivity index (χ4n) is 2.13. The molecule has 9 heteroatoms. The Bertz CT molecular complexity index is 644. The summed E-state index contributed by atoms with van der Waals surface area (Å²) in [6.07, 6.45) is 2.01. The standard InChI is InChI=1S/C15H19N3O6/c1-24-7-6-12(15(20)21)17-14(19)9-2-5-11(16-10-3-4-10)13(8-9)18(22)23/h2,5,8,10,12,16H,3-4,6-7H2,1H3,(H,17,19)(H,20,21). The van der Waals surface area contributed by atoms with Gasteiger partial charge in [-0.25, -0.2) is 4.79 Å². The number of nitro benzene ring substituents is 1. The molecule has 2 rings (SSSR count). The molecule has 0 saturated heterocycles. The van der Waals surface area contributed by atoms with Crippen LogP contribution in [0.3, 0.4) is 0 Å². The highest BCUT2D eigenvalue weighted by Gasteiger charge is 2.26. The second-order valence-corrected chi connectivity index (χ2v) is 5.55. The molecule has 1 aromatic carbocycles. The lowest BCUT2D eigenvalue weighted by molar-refractivity contribution is -0.384. The van der Waals surface area contributed by atoms with Crippen molar-refractivity contribution in [2.75, 3.05) is 19.0 Å². The predicted octanol–water partition coefficient (Wildman–Crippen LogP) is 1.39. The maximum atomic E-state index is 12.2. The summed E-state index contributed by atoms with van der Waals surface area (Å²) in [5.41, 5.74) is 0.179. The van der Waals surface area contributed by atoms with Crippen molar-refractivity contribution in [3.05, 3.63) is 33.9 Å². The van der Waals surface area contributed by atoms with Gasteiger partial charge in [-0.05, 0) is 25.0 Å². The molecule has 1 fully saturated rings. The predicted molar refractivity (Wildman–Crippen MR) is 85.1 cm³/mol. The first-order valence-electron chi connectivity index (χ1n) is 7.50. The van der Waals surface area contributed by atoms with Crippen molar-refractivity contribution >= 4 is 23.3 Å². The topological polar surface area (TPSA) is 131 Å². The van der Waals surface area contributed by atoms with Crippen molar-refractivity contribution < 1.29 is 24.4 Å². The first-order chi connectivity index (χ1) is 11.4. The Hall–Kier alpha value is -2.68. The van der Waals surface area contributed by atoms with E-state index in [1.54, 1.807) is 0 Å². The van der Waals surface area contributed by atoms with Crippen LogP contribution in [-0.4, -0.2) is 47.7 Å². The van der Waals surface area contributed by atoms with Gasteiger partial charge >= 0.3 is 5.97 Å². The van der Waals surface area contributed by atoms with Gasteiger partial charge in [0, 0.05) is 37.8 Å². The number of nitrogens with one attached hydrogen (secondary N) is 2. The first-order valence-corrected chi connectivity index (χ1v) is 7.50.